The molecule has 8 nitrogen and oxygen atoms in total. The highest BCUT2D eigenvalue weighted by atomic mass is 19.4. The third-order valence-electron chi connectivity index (χ3n) is 5.35. The fourth-order valence-corrected chi connectivity index (χ4v) is 3.69. The maximum Gasteiger partial charge on any atom is 0.430 e. The van der Waals surface area contributed by atoms with Crippen molar-refractivity contribution in [2.45, 2.75) is 38.1 Å². The van der Waals surface area contributed by atoms with Gasteiger partial charge in [-0.1, -0.05) is 30.3 Å². The number of halogens is 4. The number of imidazole rings is 1. The van der Waals surface area contributed by atoms with E-state index in [2.05, 4.69) is 10.3 Å². The molecule has 1 N–H and O–H groups in total. The van der Waals surface area contributed by atoms with Crippen LogP contribution in [-0.4, -0.2) is 41.8 Å². The number of methoxy groups -OCH3 is 2. The summed E-state index contributed by atoms with van der Waals surface area (Å²) in [5.41, 5.74) is -5.38. The Labute approximate surface area is 210 Å². The number of amides is 1. The third kappa shape index (κ3) is 5.29. The number of anilines is 1. The predicted octanol–water partition coefficient (Wildman–Crippen LogP) is 5.05. The Morgan fingerprint density at radius 2 is 1.54 bits per heavy atom. The third-order valence-corrected chi connectivity index (χ3v) is 5.35. The molecule has 0 aliphatic rings. The van der Waals surface area contributed by atoms with Gasteiger partial charge in [0.25, 0.3) is 17.5 Å². The number of carbonyl (C=O) groups is 2. The smallest absolute Gasteiger partial charge is 0.430 e. The monoisotopic (exact) mass is 523 g/mol. The summed E-state index contributed by atoms with van der Waals surface area (Å²) in [7, 11) is 2.00. The highest BCUT2D eigenvalue weighted by molar-refractivity contribution is 6.03. The minimum atomic E-state index is -5.20. The van der Waals surface area contributed by atoms with Crippen LogP contribution in [0.5, 0.6) is 11.8 Å². The number of carbonyl (C=O) groups excluding carboxylic acids is 2. The van der Waals surface area contributed by atoms with Crippen LogP contribution in [0.4, 0.5) is 23.4 Å². The molecule has 1 aromatic heterocycles. The van der Waals surface area contributed by atoms with Gasteiger partial charge >= 0.3 is 12.1 Å². The van der Waals surface area contributed by atoms with Crippen LogP contribution in [0.25, 0.3) is 0 Å². The molecule has 12 heteroatoms. The van der Waals surface area contributed by atoms with E-state index in [-0.39, 0.29) is 11.8 Å². The van der Waals surface area contributed by atoms with Crippen molar-refractivity contribution in [1.82, 2.24) is 9.55 Å². The first-order valence-corrected chi connectivity index (χ1v) is 10.9. The molecule has 2 aromatic carbocycles. The van der Waals surface area contributed by atoms with Crippen LogP contribution >= 0.6 is 0 Å². The van der Waals surface area contributed by atoms with Gasteiger partial charge in [-0.2, -0.15) is 18.2 Å². The van der Waals surface area contributed by atoms with Crippen LogP contribution in [0.3, 0.4) is 0 Å². The fourth-order valence-electron chi connectivity index (χ4n) is 3.69. The number of benzene rings is 2. The molecule has 3 rings (SSSR count). The number of nitrogens with one attached hydrogen (secondary N) is 1. The van der Waals surface area contributed by atoms with E-state index in [1.54, 1.807) is 20.8 Å². The topological polar surface area (TPSA) is 91.7 Å². The van der Waals surface area contributed by atoms with Gasteiger partial charge in [0.2, 0.25) is 0 Å². The Morgan fingerprint density at radius 3 is 2.03 bits per heavy atom. The average molecular weight is 523 g/mol. The molecule has 0 radical (unpaired) electrons. The number of nitrogens with zero attached hydrogens (tertiary/aromatic N) is 2. The zero-order valence-electron chi connectivity index (χ0n) is 20.6. The fraction of sp³-hybridized carbons (Fsp3) is 0.320. The summed E-state index contributed by atoms with van der Waals surface area (Å²) in [4.78, 5) is 30.5. The van der Waals surface area contributed by atoms with Crippen LogP contribution in [-0.2, 0) is 20.7 Å². The lowest BCUT2D eigenvalue weighted by atomic mass is 9.91. The Bertz CT molecular complexity index is 1270. The first-order chi connectivity index (χ1) is 17.3. The summed E-state index contributed by atoms with van der Waals surface area (Å²) >= 11 is 0. The van der Waals surface area contributed by atoms with Gasteiger partial charge in [-0.3, -0.25) is 9.36 Å². The Balaban J connectivity index is 2.16. The maximum atomic E-state index is 14.4. The van der Waals surface area contributed by atoms with Crippen molar-refractivity contribution >= 4 is 17.7 Å². The first-order valence-electron chi connectivity index (χ1n) is 10.9. The average Bonchev–Trinajstić information content (AvgIpc) is 3.20. The maximum absolute atomic E-state index is 14.4. The van der Waals surface area contributed by atoms with Gasteiger partial charge in [-0.25, -0.2) is 9.18 Å². The Kier molecular flexibility index (Phi) is 7.63. The molecule has 0 bridgehead atoms. The van der Waals surface area contributed by atoms with Crippen molar-refractivity contribution in [2.24, 2.45) is 0 Å². The van der Waals surface area contributed by atoms with E-state index in [0.717, 1.165) is 31.4 Å². The first kappa shape index (κ1) is 27.7. The minimum Gasteiger partial charge on any atom is -0.468 e. The van der Waals surface area contributed by atoms with Crippen molar-refractivity contribution in [1.29, 1.82) is 0 Å². The molecule has 198 valence electrons. The summed E-state index contributed by atoms with van der Waals surface area (Å²) < 4.78 is 73.1. The highest BCUT2D eigenvalue weighted by Crippen LogP contribution is 2.43. The predicted molar refractivity (Wildman–Crippen MR) is 125 cm³/mol. The number of alkyl halides is 3. The summed E-state index contributed by atoms with van der Waals surface area (Å²) in [6.07, 6.45) is -5.20. The summed E-state index contributed by atoms with van der Waals surface area (Å²) in [6.45, 7) is 4.98. The molecule has 1 unspecified atom stereocenters. The summed E-state index contributed by atoms with van der Waals surface area (Å²) in [5.74, 6) is -3.80. The van der Waals surface area contributed by atoms with E-state index >= 15 is 0 Å². The zero-order chi connectivity index (χ0) is 27.6. The molecule has 0 aliphatic carbocycles. The van der Waals surface area contributed by atoms with Crippen LogP contribution in [0, 0.1) is 5.82 Å². The molecule has 3 aromatic rings. The number of esters is 1. The van der Waals surface area contributed by atoms with E-state index in [1.807, 2.05) is 0 Å². The quantitative estimate of drug-likeness (QED) is 0.265. The van der Waals surface area contributed by atoms with E-state index in [1.165, 1.54) is 42.0 Å². The van der Waals surface area contributed by atoms with E-state index < -0.39 is 52.1 Å². The summed E-state index contributed by atoms with van der Waals surface area (Å²) in [6, 6.07) is 10.6. The lowest BCUT2D eigenvalue weighted by Gasteiger charge is -2.34. The van der Waals surface area contributed by atoms with Crippen LogP contribution < -0.4 is 14.8 Å². The lowest BCUT2D eigenvalue weighted by Crippen LogP contribution is -2.53. The van der Waals surface area contributed by atoms with Gasteiger partial charge in [0.15, 0.2) is 11.5 Å². The molecule has 1 atom stereocenters. The largest absolute Gasteiger partial charge is 0.468 e. The van der Waals surface area contributed by atoms with Crippen molar-refractivity contribution in [3.05, 3.63) is 71.7 Å². The SMILES string of the molecule is COc1nc(C(=O)Oc2ccc(F)cc2)c(NC(=O)C(OC)(c2ccccc2)C(F)(F)F)n1C(C)(C)C. The molecule has 0 fully saturated rings. The van der Waals surface area contributed by atoms with E-state index in [0.29, 0.717) is 0 Å². The van der Waals surface area contributed by atoms with Crippen LogP contribution in [0.2, 0.25) is 0 Å². The highest BCUT2D eigenvalue weighted by Gasteiger charge is 2.63. The zero-order valence-corrected chi connectivity index (χ0v) is 20.6. The van der Waals surface area contributed by atoms with Gasteiger partial charge in [-0.15, -0.1) is 0 Å². The van der Waals surface area contributed by atoms with Gasteiger partial charge < -0.3 is 19.5 Å². The molecule has 0 aliphatic heterocycles. The molecular formula is C25H25F4N3O5. The second-order valence-corrected chi connectivity index (χ2v) is 8.85. The molecule has 0 spiro atoms. The van der Waals surface area contributed by atoms with Gasteiger partial charge in [0, 0.05) is 18.2 Å². The normalized spacial score (nSPS) is 13.5. The molecule has 37 heavy (non-hydrogen) atoms. The molecule has 1 heterocycles. The molecule has 0 saturated carbocycles. The van der Waals surface area contributed by atoms with Crippen molar-refractivity contribution < 1.29 is 41.4 Å². The van der Waals surface area contributed by atoms with Gasteiger partial charge in [0.1, 0.15) is 11.6 Å². The number of ether oxygens (including phenoxy) is 3. The molecule has 0 saturated heterocycles. The second kappa shape index (κ2) is 10.2. The van der Waals surface area contributed by atoms with Crippen molar-refractivity contribution in [3.8, 4) is 11.8 Å². The van der Waals surface area contributed by atoms with Gasteiger partial charge in [-0.05, 0) is 45.0 Å². The number of rotatable bonds is 7. The van der Waals surface area contributed by atoms with E-state index in [4.69, 9.17) is 14.2 Å². The Hall–Kier alpha value is -3.93. The van der Waals surface area contributed by atoms with Crippen molar-refractivity contribution in [2.75, 3.05) is 19.5 Å². The van der Waals surface area contributed by atoms with Crippen molar-refractivity contribution in [3.63, 3.8) is 0 Å². The molecular weight excluding hydrogens is 498 g/mol. The number of hydrogen-bond acceptors (Lipinski definition) is 6. The Morgan fingerprint density at radius 1 is 0.946 bits per heavy atom. The summed E-state index contributed by atoms with van der Waals surface area (Å²) in [5, 5.41) is 2.19. The van der Waals surface area contributed by atoms with E-state index in [9.17, 15) is 27.2 Å². The number of hydrogen-bond donors (Lipinski definition) is 1. The van der Waals surface area contributed by atoms with Gasteiger partial charge in [0.05, 0.1) is 7.11 Å². The second-order valence-electron chi connectivity index (χ2n) is 8.85. The minimum absolute atomic E-state index is 0.0567. The molecule has 1 amide bonds. The number of aromatic nitrogens is 2. The lowest BCUT2D eigenvalue weighted by molar-refractivity contribution is -0.263. The standard InChI is InChI=1S/C25H25F4N3O5/c1-23(2,3)32-19(18(30-22(32)35-4)20(33)37-17-13-11-16(26)12-14-17)31-21(34)24(36-5,25(27,28)29)15-9-7-6-8-10-15/h6-14H,1-5H3,(H,31,34). The van der Waals surface area contributed by atoms with Crippen LogP contribution in [0.1, 0.15) is 36.8 Å². The van der Waals surface area contributed by atoms with Crippen LogP contribution in [0.15, 0.2) is 54.6 Å².